The molecule has 94 valence electrons. The van der Waals surface area contributed by atoms with Crippen molar-refractivity contribution < 1.29 is 17.8 Å². The number of nitrogens with one attached hydrogen (secondary N) is 2. The van der Waals surface area contributed by atoms with Crippen molar-refractivity contribution in [3.63, 3.8) is 0 Å². The summed E-state index contributed by atoms with van der Waals surface area (Å²) in [7, 11) is -4.02. The topological polar surface area (TPSA) is 95.5 Å². The summed E-state index contributed by atoms with van der Waals surface area (Å²) in [5.74, 6) is 0.0926. The van der Waals surface area contributed by atoms with Crippen molar-refractivity contribution in [3.8, 4) is 0 Å². The zero-order chi connectivity index (χ0) is 12.9. The number of hydrazine groups is 1. The Bertz CT molecular complexity index is 474. The molecule has 0 atom stereocenters. The molecule has 2 rings (SSSR count). The molecule has 1 aliphatic heterocycles. The van der Waals surface area contributed by atoms with Gasteiger partial charge in [0.15, 0.2) is 0 Å². The minimum atomic E-state index is -4.02. The van der Waals surface area contributed by atoms with Crippen LogP contribution in [0, 0.1) is 6.92 Å². The highest BCUT2D eigenvalue weighted by Gasteiger charge is 2.06. The number of aryl methyl sites for hydroxylation is 1. The van der Waals surface area contributed by atoms with Crippen molar-refractivity contribution >= 4 is 16.0 Å². The van der Waals surface area contributed by atoms with Gasteiger partial charge in [-0.05, 0) is 19.1 Å². The van der Waals surface area contributed by atoms with Crippen LogP contribution in [-0.4, -0.2) is 25.4 Å². The van der Waals surface area contributed by atoms with Crippen LogP contribution >= 0.6 is 0 Å². The molecule has 0 saturated carbocycles. The zero-order valence-electron chi connectivity index (χ0n) is 9.30. The lowest BCUT2D eigenvalue weighted by molar-refractivity contribution is -0.119. The van der Waals surface area contributed by atoms with E-state index in [-0.39, 0.29) is 10.8 Å². The Labute approximate surface area is 99.8 Å². The minimum Gasteiger partial charge on any atom is -0.292 e. The molecule has 17 heavy (non-hydrogen) atoms. The largest absolute Gasteiger partial charge is 0.294 e. The molecular weight excluding hydrogens is 244 g/mol. The molecule has 0 aliphatic carbocycles. The van der Waals surface area contributed by atoms with Crippen LogP contribution in [0.15, 0.2) is 29.2 Å². The third kappa shape index (κ3) is 4.94. The first-order valence-electron chi connectivity index (χ1n) is 4.95. The van der Waals surface area contributed by atoms with Gasteiger partial charge in [0.1, 0.15) is 0 Å². The second kappa shape index (κ2) is 5.76. The molecule has 6 nitrogen and oxygen atoms in total. The Morgan fingerprint density at radius 3 is 2.12 bits per heavy atom. The Kier molecular flexibility index (Phi) is 4.62. The molecule has 3 N–H and O–H groups in total. The van der Waals surface area contributed by atoms with Gasteiger partial charge in [0, 0.05) is 13.0 Å². The van der Waals surface area contributed by atoms with Crippen LogP contribution in [0.1, 0.15) is 12.0 Å². The van der Waals surface area contributed by atoms with E-state index in [0.717, 1.165) is 12.1 Å². The van der Waals surface area contributed by atoms with Crippen molar-refractivity contribution in [2.75, 3.05) is 6.54 Å². The van der Waals surface area contributed by atoms with Gasteiger partial charge in [-0.25, -0.2) is 5.43 Å². The van der Waals surface area contributed by atoms with E-state index >= 15 is 0 Å². The third-order valence-electron chi connectivity index (χ3n) is 2.02. The number of carbonyl (C=O) groups excluding carboxylic acids is 1. The maximum Gasteiger partial charge on any atom is 0.294 e. The summed E-state index contributed by atoms with van der Waals surface area (Å²) in [6, 6.07) is 5.99. The third-order valence-corrected chi connectivity index (χ3v) is 2.89. The number of benzene rings is 1. The predicted octanol–water partition coefficient (Wildman–Crippen LogP) is 0.253. The quantitative estimate of drug-likeness (QED) is 0.628. The van der Waals surface area contributed by atoms with E-state index in [0.29, 0.717) is 6.42 Å². The lowest BCUT2D eigenvalue weighted by Gasteiger charge is -1.95. The fraction of sp³-hybridized carbons (Fsp3) is 0.300. The minimum absolute atomic E-state index is 0.0666. The SMILES string of the molecule is Cc1ccc(S(=O)(=O)O)cc1.O=C1CCNN1. The van der Waals surface area contributed by atoms with Gasteiger partial charge in [-0.1, -0.05) is 17.7 Å². The van der Waals surface area contributed by atoms with E-state index in [4.69, 9.17) is 4.55 Å². The molecule has 1 amide bonds. The maximum atomic E-state index is 10.5. The molecule has 1 saturated heterocycles. The van der Waals surface area contributed by atoms with Gasteiger partial charge in [0.05, 0.1) is 4.90 Å². The lowest BCUT2D eigenvalue weighted by atomic mass is 10.2. The van der Waals surface area contributed by atoms with Gasteiger partial charge in [0.25, 0.3) is 10.1 Å². The highest BCUT2D eigenvalue weighted by Crippen LogP contribution is 2.08. The Morgan fingerprint density at radius 1 is 1.24 bits per heavy atom. The van der Waals surface area contributed by atoms with Gasteiger partial charge in [-0.15, -0.1) is 0 Å². The molecule has 1 heterocycles. The number of hydrogen-bond acceptors (Lipinski definition) is 4. The van der Waals surface area contributed by atoms with Crippen LogP contribution in [0.5, 0.6) is 0 Å². The predicted molar refractivity (Wildman–Crippen MR) is 61.8 cm³/mol. The monoisotopic (exact) mass is 258 g/mol. The van der Waals surface area contributed by atoms with Gasteiger partial charge in [0.2, 0.25) is 5.91 Å². The fourth-order valence-corrected chi connectivity index (χ4v) is 1.59. The summed E-state index contributed by atoms with van der Waals surface area (Å²) in [6.07, 6.45) is 0.625. The highest BCUT2D eigenvalue weighted by molar-refractivity contribution is 7.85. The molecular formula is C10H14N2O4S. The van der Waals surface area contributed by atoms with E-state index in [9.17, 15) is 13.2 Å². The number of rotatable bonds is 1. The van der Waals surface area contributed by atoms with E-state index in [1.54, 1.807) is 12.1 Å². The van der Waals surface area contributed by atoms with E-state index in [1.807, 2.05) is 6.92 Å². The summed E-state index contributed by atoms with van der Waals surface area (Å²) < 4.78 is 29.6. The van der Waals surface area contributed by atoms with E-state index in [1.165, 1.54) is 12.1 Å². The van der Waals surface area contributed by atoms with Crippen molar-refractivity contribution in [2.24, 2.45) is 0 Å². The highest BCUT2D eigenvalue weighted by atomic mass is 32.2. The molecule has 1 aromatic carbocycles. The van der Waals surface area contributed by atoms with Crippen LogP contribution < -0.4 is 10.9 Å². The average Bonchev–Trinajstić information content (AvgIpc) is 2.69. The van der Waals surface area contributed by atoms with Crippen LogP contribution in [-0.2, 0) is 14.9 Å². The van der Waals surface area contributed by atoms with Crippen molar-refractivity contribution in [1.29, 1.82) is 0 Å². The van der Waals surface area contributed by atoms with E-state index < -0.39 is 10.1 Å². The number of amides is 1. The molecule has 0 spiro atoms. The van der Waals surface area contributed by atoms with Gasteiger partial charge < -0.3 is 0 Å². The summed E-state index contributed by atoms with van der Waals surface area (Å²) in [4.78, 5) is 10.0. The first kappa shape index (κ1) is 13.6. The molecule has 1 aliphatic rings. The summed E-state index contributed by atoms with van der Waals surface area (Å²) in [5, 5.41) is 0. The van der Waals surface area contributed by atoms with Crippen molar-refractivity contribution in [3.05, 3.63) is 29.8 Å². The van der Waals surface area contributed by atoms with Crippen LogP contribution in [0.25, 0.3) is 0 Å². The molecule has 0 bridgehead atoms. The molecule has 1 fully saturated rings. The maximum absolute atomic E-state index is 10.5. The molecule has 7 heteroatoms. The van der Waals surface area contributed by atoms with Gasteiger partial charge in [-0.2, -0.15) is 8.42 Å². The Balaban J connectivity index is 0.000000202. The fourth-order valence-electron chi connectivity index (χ4n) is 1.11. The van der Waals surface area contributed by atoms with Gasteiger partial charge >= 0.3 is 0 Å². The molecule has 0 radical (unpaired) electrons. The Morgan fingerprint density at radius 2 is 1.82 bits per heavy atom. The first-order valence-corrected chi connectivity index (χ1v) is 6.39. The second-order valence-electron chi connectivity index (χ2n) is 3.51. The molecule has 0 unspecified atom stereocenters. The number of hydrogen-bond donors (Lipinski definition) is 3. The normalized spacial score (nSPS) is 14.8. The summed E-state index contributed by atoms with van der Waals surface area (Å²) >= 11 is 0. The summed E-state index contributed by atoms with van der Waals surface area (Å²) in [6.45, 7) is 2.62. The number of carbonyl (C=O) groups is 1. The van der Waals surface area contributed by atoms with Crippen LogP contribution in [0.2, 0.25) is 0 Å². The lowest BCUT2D eigenvalue weighted by Crippen LogP contribution is -2.25. The summed E-state index contributed by atoms with van der Waals surface area (Å²) in [5.41, 5.74) is 6.06. The standard InChI is InChI=1S/C7H8O3S.C3H6N2O/c1-6-2-4-7(5-3-6)11(8,9)10;6-3-1-2-4-5-3/h2-5H,1H3,(H,8,9,10);4H,1-2H2,(H,5,6). The van der Waals surface area contributed by atoms with E-state index in [2.05, 4.69) is 10.9 Å². The van der Waals surface area contributed by atoms with Gasteiger partial charge in [-0.3, -0.25) is 14.8 Å². The van der Waals surface area contributed by atoms with Crippen molar-refractivity contribution in [2.45, 2.75) is 18.2 Å². The average molecular weight is 258 g/mol. The Hall–Kier alpha value is -1.44. The first-order chi connectivity index (χ1) is 7.89. The van der Waals surface area contributed by atoms with Crippen LogP contribution in [0.4, 0.5) is 0 Å². The molecule has 0 aromatic heterocycles. The van der Waals surface area contributed by atoms with Crippen LogP contribution in [0.3, 0.4) is 0 Å². The zero-order valence-corrected chi connectivity index (χ0v) is 10.1. The smallest absolute Gasteiger partial charge is 0.292 e. The van der Waals surface area contributed by atoms with Crippen molar-refractivity contribution in [1.82, 2.24) is 10.9 Å². The molecule has 1 aromatic rings. The second-order valence-corrected chi connectivity index (χ2v) is 4.93.